The van der Waals surface area contributed by atoms with E-state index >= 15 is 0 Å². The Labute approximate surface area is 78.9 Å². The van der Waals surface area contributed by atoms with Crippen molar-refractivity contribution in [3.8, 4) is 5.95 Å². The minimum absolute atomic E-state index is 0.135. The van der Waals surface area contributed by atoms with Crippen LogP contribution in [0.4, 0.5) is 4.79 Å². The lowest BCUT2D eigenvalue weighted by atomic mass is 10.2. The molecule has 1 heterocycles. The van der Waals surface area contributed by atoms with Gasteiger partial charge in [-0.3, -0.25) is 0 Å². The first-order valence-corrected chi connectivity index (χ1v) is 3.99. The minimum Gasteiger partial charge on any atom is -0.433 e. The minimum atomic E-state index is -0.903. The van der Waals surface area contributed by atoms with E-state index < -0.39 is 5.43 Å². The van der Waals surface area contributed by atoms with Crippen molar-refractivity contribution in [3.63, 3.8) is 0 Å². The molecule has 0 fully saturated rings. The highest BCUT2D eigenvalue weighted by atomic mass is 35.5. The van der Waals surface area contributed by atoms with Gasteiger partial charge >= 0.3 is 11.4 Å². The van der Waals surface area contributed by atoms with Crippen molar-refractivity contribution >= 4 is 27.8 Å². The number of hydrogen-bond donors (Lipinski definition) is 0. The van der Waals surface area contributed by atoms with Gasteiger partial charge in [-0.15, -0.1) is 0 Å². The third-order valence-electron chi connectivity index (χ3n) is 1.65. The summed E-state index contributed by atoms with van der Waals surface area (Å²) < 4.78 is 9.63. The molecule has 4 heteroatoms. The van der Waals surface area contributed by atoms with Gasteiger partial charge < -0.3 is 9.15 Å². The van der Waals surface area contributed by atoms with Crippen molar-refractivity contribution < 1.29 is 13.9 Å². The zero-order valence-electron chi connectivity index (χ0n) is 6.49. The molecule has 0 saturated carbocycles. The second-order valence-electron chi connectivity index (χ2n) is 2.45. The fourth-order valence-corrected chi connectivity index (χ4v) is 1.19. The summed E-state index contributed by atoms with van der Waals surface area (Å²) in [5, 5.41) is 1.60. The van der Waals surface area contributed by atoms with E-state index in [2.05, 4.69) is 4.74 Å². The van der Waals surface area contributed by atoms with Crippen molar-refractivity contribution in [2.75, 3.05) is 0 Å². The highest BCUT2D eigenvalue weighted by Gasteiger charge is 2.09. The third kappa shape index (κ3) is 1.51. The number of halogens is 1. The topological polar surface area (TPSA) is 39.4 Å². The van der Waals surface area contributed by atoms with Crippen molar-refractivity contribution in [2.45, 2.75) is 0 Å². The third-order valence-corrected chi connectivity index (χ3v) is 1.72. The number of furan rings is 1. The SMILES string of the molecule is O=C(Cl)Oc1occ2ccccc12. The van der Waals surface area contributed by atoms with Crippen molar-refractivity contribution in [1.82, 2.24) is 0 Å². The molecule has 0 amide bonds. The second-order valence-corrected chi connectivity index (χ2v) is 2.76. The molecule has 0 atom stereocenters. The Bertz CT molecular complexity index is 447. The summed E-state index contributed by atoms with van der Waals surface area (Å²) in [6, 6.07) is 7.33. The molecule has 1 aromatic heterocycles. The zero-order chi connectivity index (χ0) is 9.26. The Hall–Kier alpha value is -1.48. The Kier molecular flexibility index (Phi) is 1.94. The lowest BCUT2D eigenvalue weighted by molar-refractivity contribution is 0.214. The van der Waals surface area contributed by atoms with Crippen molar-refractivity contribution in [1.29, 1.82) is 0 Å². The van der Waals surface area contributed by atoms with Gasteiger partial charge in [-0.2, -0.15) is 0 Å². The molecule has 0 spiro atoms. The molecule has 0 aliphatic heterocycles. The van der Waals surface area contributed by atoms with Gasteiger partial charge in [0.05, 0.1) is 5.39 Å². The van der Waals surface area contributed by atoms with Gasteiger partial charge in [-0.05, 0) is 6.07 Å². The Morgan fingerprint density at radius 3 is 2.92 bits per heavy atom. The van der Waals surface area contributed by atoms with Gasteiger partial charge in [-0.1, -0.05) is 18.2 Å². The fourth-order valence-electron chi connectivity index (χ4n) is 1.12. The van der Waals surface area contributed by atoms with Crippen LogP contribution in [-0.2, 0) is 0 Å². The molecule has 2 rings (SSSR count). The first-order chi connectivity index (χ1) is 6.27. The number of fused-ring (bicyclic) bond motifs is 1. The molecule has 0 unspecified atom stereocenters. The van der Waals surface area contributed by atoms with Crippen LogP contribution in [0.25, 0.3) is 10.8 Å². The van der Waals surface area contributed by atoms with Crippen molar-refractivity contribution in [3.05, 3.63) is 30.5 Å². The molecule has 0 bridgehead atoms. The molecule has 0 N–H and O–H groups in total. The van der Waals surface area contributed by atoms with Gasteiger partial charge in [0.25, 0.3) is 0 Å². The van der Waals surface area contributed by atoms with E-state index in [1.807, 2.05) is 18.2 Å². The molecule has 0 aliphatic rings. The van der Waals surface area contributed by atoms with Gasteiger partial charge in [0, 0.05) is 17.0 Å². The number of ether oxygens (including phenoxy) is 1. The van der Waals surface area contributed by atoms with E-state index in [0.717, 1.165) is 10.8 Å². The van der Waals surface area contributed by atoms with E-state index in [1.54, 1.807) is 6.07 Å². The molecule has 0 saturated heterocycles. The number of hydrogen-bond acceptors (Lipinski definition) is 3. The quantitative estimate of drug-likeness (QED) is 0.658. The lowest BCUT2D eigenvalue weighted by Gasteiger charge is -1.93. The first kappa shape index (κ1) is 8.13. The zero-order valence-corrected chi connectivity index (χ0v) is 7.25. The van der Waals surface area contributed by atoms with Crippen LogP contribution >= 0.6 is 11.6 Å². The maximum atomic E-state index is 10.4. The van der Waals surface area contributed by atoms with Crippen molar-refractivity contribution in [2.24, 2.45) is 0 Å². The fraction of sp³-hybridized carbons (Fsp3) is 0. The maximum absolute atomic E-state index is 10.4. The van der Waals surface area contributed by atoms with Crippen LogP contribution in [0.2, 0.25) is 0 Å². The Morgan fingerprint density at radius 2 is 2.15 bits per heavy atom. The van der Waals surface area contributed by atoms with Crippen LogP contribution in [0.15, 0.2) is 34.9 Å². The van der Waals surface area contributed by atoms with Gasteiger partial charge in [0.1, 0.15) is 6.26 Å². The predicted molar refractivity (Wildman–Crippen MR) is 48.1 cm³/mol. The number of carbonyl (C=O) groups excluding carboxylic acids is 1. The number of benzene rings is 1. The summed E-state index contributed by atoms with van der Waals surface area (Å²) in [5.41, 5.74) is -0.903. The Balaban J connectivity index is 2.51. The summed E-state index contributed by atoms with van der Waals surface area (Å²) in [4.78, 5) is 10.4. The van der Waals surface area contributed by atoms with E-state index in [0.29, 0.717) is 0 Å². The summed E-state index contributed by atoms with van der Waals surface area (Å²) >= 11 is 5.05. The van der Waals surface area contributed by atoms with Crippen LogP contribution in [-0.4, -0.2) is 5.43 Å². The molecule has 66 valence electrons. The largest absolute Gasteiger partial charge is 0.433 e. The summed E-state index contributed by atoms with van der Waals surface area (Å²) in [6.07, 6.45) is 1.50. The highest BCUT2D eigenvalue weighted by molar-refractivity contribution is 6.61. The molecule has 1 aromatic carbocycles. The number of rotatable bonds is 1. The standard InChI is InChI=1S/C9H5ClO3/c10-9(11)13-8-7-4-2-1-3-6(7)5-12-8/h1-5H. The van der Waals surface area contributed by atoms with Crippen LogP contribution in [0, 0.1) is 0 Å². The average molecular weight is 197 g/mol. The van der Waals surface area contributed by atoms with Gasteiger partial charge in [0.15, 0.2) is 0 Å². The van der Waals surface area contributed by atoms with E-state index in [-0.39, 0.29) is 5.95 Å². The first-order valence-electron chi connectivity index (χ1n) is 3.61. The van der Waals surface area contributed by atoms with Gasteiger partial charge in [0.2, 0.25) is 0 Å². The molecule has 2 aromatic rings. The van der Waals surface area contributed by atoms with E-state index in [9.17, 15) is 4.79 Å². The molecule has 0 radical (unpaired) electrons. The smallest absolute Gasteiger partial charge is 0.411 e. The second kappa shape index (κ2) is 3.11. The maximum Gasteiger partial charge on any atom is 0.411 e. The van der Waals surface area contributed by atoms with Crippen LogP contribution < -0.4 is 4.74 Å². The molecule has 0 aliphatic carbocycles. The van der Waals surface area contributed by atoms with Crippen LogP contribution in [0.1, 0.15) is 0 Å². The van der Waals surface area contributed by atoms with E-state index in [4.69, 9.17) is 16.0 Å². The summed E-state index contributed by atoms with van der Waals surface area (Å²) in [5.74, 6) is 0.135. The van der Waals surface area contributed by atoms with Crippen LogP contribution in [0.5, 0.6) is 5.95 Å². The van der Waals surface area contributed by atoms with Crippen LogP contribution in [0.3, 0.4) is 0 Å². The monoisotopic (exact) mass is 196 g/mol. The summed E-state index contributed by atoms with van der Waals surface area (Å²) in [6.45, 7) is 0. The average Bonchev–Trinajstić information content (AvgIpc) is 2.48. The van der Waals surface area contributed by atoms with Gasteiger partial charge in [-0.25, -0.2) is 4.79 Å². The highest BCUT2D eigenvalue weighted by Crippen LogP contribution is 2.27. The molecular weight excluding hydrogens is 192 g/mol. The number of carbonyl (C=O) groups is 1. The summed E-state index contributed by atoms with van der Waals surface area (Å²) in [7, 11) is 0. The normalized spacial score (nSPS) is 10.2. The predicted octanol–water partition coefficient (Wildman–Crippen LogP) is 3.17. The Morgan fingerprint density at radius 1 is 1.38 bits per heavy atom. The lowest BCUT2D eigenvalue weighted by Crippen LogP contribution is -1.94. The molecular formula is C9H5ClO3. The van der Waals surface area contributed by atoms with E-state index in [1.165, 1.54) is 6.26 Å². The molecule has 13 heavy (non-hydrogen) atoms. The molecule has 3 nitrogen and oxygen atoms in total.